The van der Waals surface area contributed by atoms with Crippen LogP contribution in [0.4, 0.5) is 0 Å². The second-order valence-electron chi connectivity index (χ2n) is 4.90. The van der Waals surface area contributed by atoms with Crippen LogP contribution in [0.5, 0.6) is 5.75 Å². The van der Waals surface area contributed by atoms with E-state index >= 15 is 0 Å². The van der Waals surface area contributed by atoms with Crippen LogP contribution >= 0.6 is 0 Å². The highest BCUT2D eigenvalue weighted by Crippen LogP contribution is 2.31. The van der Waals surface area contributed by atoms with Gasteiger partial charge in [0.15, 0.2) is 0 Å². The van der Waals surface area contributed by atoms with Gasteiger partial charge < -0.3 is 15.4 Å². The molecule has 0 spiro atoms. The number of methoxy groups -OCH3 is 1. The minimum absolute atomic E-state index is 0.328. The third-order valence-corrected chi connectivity index (χ3v) is 3.85. The normalized spacial score (nSPS) is 20.9. The van der Waals surface area contributed by atoms with Crippen LogP contribution in [-0.4, -0.2) is 26.7 Å². The van der Waals surface area contributed by atoms with E-state index in [-0.39, 0.29) is 0 Å². The zero-order valence-electron chi connectivity index (χ0n) is 11.6. The fraction of sp³-hybridized carbons (Fsp3) is 0.600. The summed E-state index contributed by atoms with van der Waals surface area (Å²) in [6, 6.07) is 7.36. The summed E-state index contributed by atoms with van der Waals surface area (Å²) in [5.41, 5.74) is 2.64. The van der Waals surface area contributed by atoms with Gasteiger partial charge in [-0.1, -0.05) is 19.1 Å². The Hall–Kier alpha value is -1.06. The summed E-state index contributed by atoms with van der Waals surface area (Å²) in [5, 5.41) is 7.02. The van der Waals surface area contributed by atoms with Crippen LogP contribution in [0.1, 0.15) is 36.9 Å². The molecule has 1 saturated heterocycles. The molecule has 2 N–H and O–H groups in total. The van der Waals surface area contributed by atoms with Crippen LogP contribution in [-0.2, 0) is 6.42 Å². The van der Waals surface area contributed by atoms with Crippen LogP contribution in [0.25, 0.3) is 0 Å². The molecule has 100 valence electrons. The van der Waals surface area contributed by atoms with Crippen molar-refractivity contribution < 1.29 is 4.74 Å². The Labute approximate surface area is 110 Å². The van der Waals surface area contributed by atoms with Gasteiger partial charge >= 0.3 is 0 Å². The maximum absolute atomic E-state index is 5.52. The average Bonchev–Trinajstić information content (AvgIpc) is 2.93. The monoisotopic (exact) mass is 248 g/mol. The lowest BCUT2D eigenvalue weighted by Gasteiger charge is -2.26. The second kappa shape index (κ2) is 6.21. The standard InChI is InChI=1S/C15H24N2O/c1-4-11-7-8-14(18-3)12(10-11)15(16-2)13-6-5-9-17-13/h7-8,10,13,15-17H,4-6,9H2,1-3H3. The maximum Gasteiger partial charge on any atom is 0.123 e. The van der Waals surface area contributed by atoms with Crippen LogP contribution in [0.15, 0.2) is 18.2 Å². The molecule has 0 amide bonds. The van der Waals surface area contributed by atoms with Crippen molar-refractivity contribution in [2.75, 3.05) is 20.7 Å². The third-order valence-electron chi connectivity index (χ3n) is 3.85. The number of hydrogen-bond donors (Lipinski definition) is 2. The first-order chi connectivity index (χ1) is 8.80. The number of nitrogens with one attached hydrogen (secondary N) is 2. The lowest BCUT2D eigenvalue weighted by Crippen LogP contribution is -2.36. The van der Waals surface area contributed by atoms with E-state index in [9.17, 15) is 0 Å². The van der Waals surface area contributed by atoms with E-state index in [2.05, 4.69) is 35.8 Å². The minimum Gasteiger partial charge on any atom is -0.496 e. The molecule has 0 aromatic heterocycles. The molecule has 1 aliphatic rings. The zero-order chi connectivity index (χ0) is 13.0. The molecule has 0 aliphatic carbocycles. The topological polar surface area (TPSA) is 33.3 Å². The van der Waals surface area contributed by atoms with Crippen molar-refractivity contribution in [1.82, 2.24) is 10.6 Å². The summed E-state index contributed by atoms with van der Waals surface area (Å²) in [4.78, 5) is 0. The van der Waals surface area contributed by atoms with E-state index in [1.165, 1.54) is 24.0 Å². The Kier molecular flexibility index (Phi) is 4.61. The quantitative estimate of drug-likeness (QED) is 0.838. The smallest absolute Gasteiger partial charge is 0.123 e. The number of rotatable bonds is 5. The first-order valence-electron chi connectivity index (χ1n) is 6.87. The van der Waals surface area contributed by atoms with Gasteiger partial charge in [0.2, 0.25) is 0 Å². The summed E-state index contributed by atoms with van der Waals surface area (Å²) in [7, 11) is 3.78. The molecule has 2 atom stereocenters. The van der Waals surface area contributed by atoms with Gasteiger partial charge in [0.1, 0.15) is 5.75 Å². The highest BCUT2D eigenvalue weighted by Gasteiger charge is 2.26. The molecule has 2 rings (SSSR count). The molecule has 1 fully saturated rings. The number of benzene rings is 1. The van der Waals surface area contributed by atoms with Crippen LogP contribution in [0.2, 0.25) is 0 Å². The van der Waals surface area contributed by atoms with Gasteiger partial charge in [-0.05, 0) is 44.5 Å². The number of aryl methyl sites for hydroxylation is 1. The van der Waals surface area contributed by atoms with E-state index in [1.54, 1.807) is 7.11 Å². The highest BCUT2D eigenvalue weighted by atomic mass is 16.5. The summed E-state index contributed by atoms with van der Waals surface area (Å²) in [6.45, 7) is 3.31. The molecule has 3 nitrogen and oxygen atoms in total. The van der Waals surface area contributed by atoms with Crippen molar-refractivity contribution in [3.8, 4) is 5.75 Å². The molecule has 1 heterocycles. The Balaban J connectivity index is 2.32. The van der Waals surface area contributed by atoms with Crippen LogP contribution in [0.3, 0.4) is 0 Å². The van der Waals surface area contributed by atoms with Gasteiger partial charge in [0.05, 0.1) is 13.2 Å². The lowest BCUT2D eigenvalue weighted by molar-refractivity contribution is 0.382. The Morgan fingerprint density at radius 1 is 1.50 bits per heavy atom. The molecule has 1 aliphatic heterocycles. The van der Waals surface area contributed by atoms with Crippen molar-refractivity contribution in [3.05, 3.63) is 29.3 Å². The summed E-state index contributed by atoms with van der Waals surface area (Å²) in [5.74, 6) is 0.986. The van der Waals surface area contributed by atoms with E-state index in [4.69, 9.17) is 4.74 Å². The van der Waals surface area contributed by atoms with Gasteiger partial charge in [-0.15, -0.1) is 0 Å². The van der Waals surface area contributed by atoms with Crippen molar-refractivity contribution in [1.29, 1.82) is 0 Å². The maximum atomic E-state index is 5.52. The fourth-order valence-corrected chi connectivity index (χ4v) is 2.82. The SMILES string of the molecule is CCc1ccc(OC)c(C(NC)C2CCCN2)c1. The molecule has 0 saturated carbocycles. The summed E-state index contributed by atoms with van der Waals surface area (Å²) in [6.07, 6.45) is 3.55. The second-order valence-corrected chi connectivity index (χ2v) is 4.90. The van der Waals surface area contributed by atoms with Crippen molar-refractivity contribution in [2.45, 2.75) is 38.3 Å². The van der Waals surface area contributed by atoms with Crippen LogP contribution < -0.4 is 15.4 Å². The number of hydrogen-bond acceptors (Lipinski definition) is 3. The van der Waals surface area contributed by atoms with E-state index < -0.39 is 0 Å². The van der Waals surface area contributed by atoms with Gasteiger partial charge in [-0.2, -0.15) is 0 Å². The zero-order valence-corrected chi connectivity index (χ0v) is 11.6. The lowest BCUT2D eigenvalue weighted by atomic mass is 9.95. The molecule has 0 radical (unpaired) electrons. The Morgan fingerprint density at radius 2 is 2.33 bits per heavy atom. The Morgan fingerprint density at radius 3 is 2.89 bits per heavy atom. The van der Waals surface area contributed by atoms with Crippen molar-refractivity contribution in [2.24, 2.45) is 0 Å². The van der Waals surface area contributed by atoms with E-state index in [0.29, 0.717) is 12.1 Å². The predicted octanol–water partition coefficient (Wildman–Crippen LogP) is 2.27. The predicted molar refractivity (Wildman–Crippen MR) is 75.2 cm³/mol. The molecular weight excluding hydrogens is 224 g/mol. The molecule has 18 heavy (non-hydrogen) atoms. The molecule has 2 unspecified atom stereocenters. The van der Waals surface area contributed by atoms with Gasteiger partial charge in [0, 0.05) is 11.6 Å². The van der Waals surface area contributed by atoms with E-state index in [1.807, 2.05) is 7.05 Å². The fourth-order valence-electron chi connectivity index (χ4n) is 2.82. The molecular formula is C15H24N2O. The van der Waals surface area contributed by atoms with Gasteiger partial charge in [0.25, 0.3) is 0 Å². The first-order valence-corrected chi connectivity index (χ1v) is 6.87. The third kappa shape index (κ3) is 2.68. The van der Waals surface area contributed by atoms with Gasteiger partial charge in [-0.25, -0.2) is 0 Å². The van der Waals surface area contributed by atoms with E-state index in [0.717, 1.165) is 18.7 Å². The minimum atomic E-state index is 0.328. The Bertz CT molecular complexity index is 386. The molecule has 1 aromatic carbocycles. The summed E-state index contributed by atoms with van der Waals surface area (Å²) >= 11 is 0. The highest BCUT2D eigenvalue weighted by molar-refractivity contribution is 5.40. The van der Waals surface area contributed by atoms with Crippen LogP contribution in [0, 0.1) is 0 Å². The first kappa shape index (κ1) is 13.4. The molecule has 0 bridgehead atoms. The largest absolute Gasteiger partial charge is 0.496 e. The average molecular weight is 248 g/mol. The number of likely N-dealkylation sites (N-methyl/N-ethyl adjacent to an activating group) is 1. The molecule has 1 aromatic rings. The summed E-state index contributed by atoms with van der Waals surface area (Å²) < 4.78 is 5.52. The van der Waals surface area contributed by atoms with Crippen molar-refractivity contribution >= 4 is 0 Å². The van der Waals surface area contributed by atoms with Gasteiger partial charge in [-0.3, -0.25) is 0 Å². The molecule has 3 heteroatoms. The number of ether oxygens (including phenoxy) is 1. The van der Waals surface area contributed by atoms with Crippen molar-refractivity contribution in [3.63, 3.8) is 0 Å².